The van der Waals surface area contributed by atoms with Crippen LogP contribution in [0.3, 0.4) is 0 Å². The highest BCUT2D eigenvalue weighted by atomic mass is 79.9. The predicted molar refractivity (Wildman–Crippen MR) is 62.5 cm³/mol. The van der Waals surface area contributed by atoms with Gasteiger partial charge in [-0.15, -0.1) is 6.58 Å². The summed E-state index contributed by atoms with van der Waals surface area (Å²) in [6, 6.07) is 3.63. The molecule has 2 nitrogen and oxygen atoms in total. The Morgan fingerprint density at radius 3 is 3.00 bits per heavy atom. The summed E-state index contributed by atoms with van der Waals surface area (Å²) in [4.78, 5) is 11.5. The Morgan fingerprint density at radius 1 is 1.64 bits per heavy atom. The van der Waals surface area contributed by atoms with Gasteiger partial charge in [0.1, 0.15) is 0 Å². The lowest BCUT2D eigenvalue weighted by Crippen LogP contribution is -2.19. The highest BCUT2D eigenvalue weighted by Gasteiger charge is 1.98. The van der Waals surface area contributed by atoms with E-state index in [9.17, 15) is 4.79 Å². The molecule has 1 heterocycles. The molecule has 0 aromatic carbocycles. The van der Waals surface area contributed by atoms with Crippen LogP contribution in [-0.4, -0.2) is 4.57 Å². The first-order chi connectivity index (χ1) is 6.61. The SMILES string of the molecule is C=C(C)CCCn1cccc(Br)c1=O. The van der Waals surface area contributed by atoms with E-state index in [1.54, 1.807) is 10.6 Å². The Hall–Kier alpha value is -0.830. The molecule has 0 amide bonds. The predicted octanol–water partition coefficient (Wildman–Crippen LogP) is 2.97. The number of nitrogens with zero attached hydrogens (tertiary/aromatic N) is 1. The molecule has 76 valence electrons. The number of allylic oxidation sites excluding steroid dienone is 1. The zero-order valence-electron chi connectivity index (χ0n) is 8.29. The van der Waals surface area contributed by atoms with E-state index >= 15 is 0 Å². The third kappa shape index (κ3) is 3.14. The van der Waals surface area contributed by atoms with Crippen LogP contribution in [0.4, 0.5) is 0 Å². The van der Waals surface area contributed by atoms with E-state index in [0.29, 0.717) is 4.47 Å². The van der Waals surface area contributed by atoms with Crippen LogP contribution in [0, 0.1) is 0 Å². The molecule has 1 aromatic heterocycles. The lowest BCUT2D eigenvalue weighted by molar-refractivity contribution is 0.619. The molecule has 1 rings (SSSR count). The van der Waals surface area contributed by atoms with Crippen molar-refractivity contribution >= 4 is 15.9 Å². The molecule has 0 N–H and O–H groups in total. The largest absolute Gasteiger partial charge is 0.315 e. The van der Waals surface area contributed by atoms with Crippen LogP contribution < -0.4 is 5.56 Å². The number of aryl methyl sites for hydroxylation is 1. The molecule has 0 fully saturated rings. The van der Waals surface area contributed by atoms with Crippen molar-refractivity contribution in [3.8, 4) is 0 Å². The Balaban J connectivity index is 2.64. The molecule has 0 aliphatic carbocycles. The van der Waals surface area contributed by atoms with Gasteiger partial charge in [-0.3, -0.25) is 4.79 Å². The van der Waals surface area contributed by atoms with Gasteiger partial charge >= 0.3 is 0 Å². The highest BCUT2D eigenvalue weighted by Crippen LogP contribution is 2.04. The molecule has 0 bridgehead atoms. The summed E-state index contributed by atoms with van der Waals surface area (Å²) in [6.07, 6.45) is 3.75. The van der Waals surface area contributed by atoms with Gasteiger partial charge in [0.15, 0.2) is 0 Å². The molecule has 0 spiro atoms. The number of pyridine rings is 1. The minimum absolute atomic E-state index is 0.0363. The number of halogens is 1. The van der Waals surface area contributed by atoms with Gasteiger partial charge in [0.25, 0.3) is 5.56 Å². The summed E-state index contributed by atoms with van der Waals surface area (Å²) in [5.74, 6) is 0. The van der Waals surface area contributed by atoms with E-state index in [1.807, 2.05) is 19.2 Å². The Morgan fingerprint density at radius 2 is 2.36 bits per heavy atom. The van der Waals surface area contributed by atoms with Crippen molar-refractivity contribution in [2.24, 2.45) is 0 Å². The molecular weight excluding hydrogens is 242 g/mol. The fourth-order valence-electron chi connectivity index (χ4n) is 1.23. The number of aromatic nitrogens is 1. The maximum absolute atomic E-state index is 11.5. The monoisotopic (exact) mass is 255 g/mol. The first-order valence-electron chi connectivity index (χ1n) is 4.60. The van der Waals surface area contributed by atoms with Gasteiger partial charge in [-0.1, -0.05) is 5.57 Å². The summed E-state index contributed by atoms with van der Waals surface area (Å²) in [6.45, 7) is 6.59. The number of hydrogen-bond acceptors (Lipinski definition) is 1. The van der Waals surface area contributed by atoms with Crippen molar-refractivity contribution in [1.29, 1.82) is 0 Å². The summed E-state index contributed by atoms with van der Waals surface area (Å²) < 4.78 is 2.34. The van der Waals surface area contributed by atoms with E-state index in [0.717, 1.165) is 25.0 Å². The smallest absolute Gasteiger partial charge is 0.264 e. The van der Waals surface area contributed by atoms with Crippen LogP contribution in [0.2, 0.25) is 0 Å². The fourth-order valence-corrected chi connectivity index (χ4v) is 1.62. The standard InChI is InChI=1S/C11H14BrNO/c1-9(2)5-3-7-13-8-4-6-10(12)11(13)14/h4,6,8H,1,3,5,7H2,2H3. The van der Waals surface area contributed by atoms with Crippen LogP contribution in [-0.2, 0) is 6.54 Å². The minimum Gasteiger partial charge on any atom is -0.315 e. The van der Waals surface area contributed by atoms with Crippen molar-refractivity contribution in [2.75, 3.05) is 0 Å². The Kier molecular flexibility index (Phi) is 4.14. The molecule has 0 atom stereocenters. The second kappa shape index (κ2) is 5.15. The van der Waals surface area contributed by atoms with Gasteiger partial charge in [-0.05, 0) is 47.8 Å². The second-order valence-electron chi connectivity index (χ2n) is 3.42. The van der Waals surface area contributed by atoms with E-state index in [1.165, 1.54) is 0 Å². The first kappa shape index (κ1) is 11.2. The maximum Gasteiger partial charge on any atom is 0.264 e. The van der Waals surface area contributed by atoms with Gasteiger partial charge in [-0.2, -0.15) is 0 Å². The lowest BCUT2D eigenvalue weighted by Gasteiger charge is -2.05. The second-order valence-corrected chi connectivity index (χ2v) is 4.27. The van der Waals surface area contributed by atoms with Gasteiger partial charge in [0, 0.05) is 12.7 Å². The average Bonchev–Trinajstić information content (AvgIpc) is 2.12. The van der Waals surface area contributed by atoms with Gasteiger partial charge < -0.3 is 4.57 Å². The van der Waals surface area contributed by atoms with Crippen molar-refractivity contribution in [3.63, 3.8) is 0 Å². The van der Waals surface area contributed by atoms with Crippen molar-refractivity contribution in [3.05, 3.63) is 45.3 Å². The van der Waals surface area contributed by atoms with Crippen LogP contribution in [0.25, 0.3) is 0 Å². The van der Waals surface area contributed by atoms with Crippen LogP contribution in [0.1, 0.15) is 19.8 Å². The molecule has 1 aromatic rings. The summed E-state index contributed by atoms with van der Waals surface area (Å²) in [5, 5.41) is 0. The third-order valence-electron chi connectivity index (χ3n) is 1.98. The number of rotatable bonds is 4. The van der Waals surface area contributed by atoms with Gasteiger partial charge in [-0.25, -0.2) is 0 Å². The lowest BCUT2D eigenvalue weighted by atomic mass is 10.2. The van der Waals surface area contributed by atoms with E-state index in [2.05, 4.69) is 22.5 Å². The van der Waals surface area contributed by atoms with Crippen molar-refractivity contribution < 1.29 is 0 Å². The number of hydrogen-bond donors (Lipinski definition) is 0. The maximum atomic E-state index is 11.5. The van der Waals surface area contributed by atoms with E-state index in [4.69, 9.17) is 0 Å². The normalized spacial score (nSPS) is 10.1. The molecule has 0 saturated heterocycles. The molecule has 0 aliphatic rings. The molecule has 3 heteroatoms. The zero-order chi connectivity index (χ0) is 10.6. The third-order valence-corrected chi connectivity index (χ3v) is 2.58. The Labute approximate surface area is 92.4 Å². The van der Waals surface area contributed by atoms with E-state index < -0.39 is 0 Å². The van der Waals surface area contributed by atoms with Crippen molar-refractivity contribution in [1.82, 2.24) is 4.57 Å². The molecule has 14 heavy (non-hydrogen) atoms. The molecule has 0 saturated carbocycles. The molecular formula is C11H14BrNO. The van der Waals surface area contributed by atoms with E-state index in [-0.39, 0.29) is 5.56 Å². The first-order valence-corrected chi connectivity index (χ1v) is 5.40. The summed E-state index contributed by atoms with van der Waals surface area (Å²) in [5.41, 5.74) is 1.20. The molecule has 0 unspecified atom stereocenters. The Bertz CT molecular complexity index is 381. The minimum atomic E-state index is 0.0363. The summed E-state index contributed by atoms with van der Waals surface area (Å²) >= 11 is 3.22. The average molecular weight is 256 g/mol. The quantitative estimate of drug-likeness (QED) is 0.759. The topological polar surface area (TPSA) is 22.0 Å². The highest BCUT2D eigenvalue weighted by molar-refractivity contribution is 9.10. The zero-order valence-corrected chi connectivity index (χ0v) is 9.88. The molecule has 0 radical (unpaired) electrons. The van der Waals surface area contributed by atoms with Crippen molar-refractivity contribution in [2.45, 2.75) is 26.3 Å². The van der Waals surface area contributed by atoms with Gasteiger partial charge in [0.05, 0.1) is 4.47 Å². The van der Waals surface area contributed by atoms with Crippen LogP contribution >= 0.6 is 15.9 Å². The van der Waals surface area contributed by atoms with Crippen LogP contribution in [0.5, 0.6) is 0 Å². The van der Waals surface area contributed by atoms with Gasteiger partial charge in [0.2, 0.25) is 0 Å². The molecule has 0 aliphatic heterocycles. The fraction of sp³-hybridized carbons (Fsp3) is 0.364. The van der Waals surface area contributed by atoms with Crippen LogP contribution in [0.15, 0.2) is 39.7 Å². The summed E-state index contributed by atoms with van der Waals surface area (Å²) in [7, 11) is 0.